The number of hydrogen-bond acceptors (Lipinski definition) is 4. The molecule has 5 heteroatoms. The Kier molecular flexibility index (Phi) is 8.85. The third-order valence-electron chi connectivity index (χ3n) is 11.6. The summed E-state index contributed by atoms with van der Waals surface area (Å²) in [6, 6.07) is 66.3. The first-order valence-corrected chi connectivity index (χ1v) is 20.7. The summed E-state index contributed by atoms with van der Waals surface area (Å²) < 4.78 is 8.87. The molecule has 0 bridgehead atoms. The van der Waals surface area contributed by atoms with Crippen molar-refractivity contribution in [1.29, 1.82) is 0 Å². The van der Waals surface area contributed by atoms with E-state index >= 15 is 0 Å². The first-order chi connectivity index (χ1) is 29.7. The molecule has 5 nitrogen and oxygen atoms in total. The van der Waals surface area contributed by atoms with Gasteiger partial charge in [-0.05, 0) is 89.7 Å². The van der Waals surface area contributed by atoms with Gasteiger partial charge in [0, 0.05) is 43.8 Å². The lowest BCUT2D eigenvalue weighted by molar-refractivity contribution is 0.668. The summed E-state index contributed by atoms with van der Waals surface area (Å²) in [5.74, 6) is 1.89. The quantitative estimate of drug-likeness (QED) is 0.147. The van der Waals surface area contributed by atoms with Gasteiger partial charge in [-0.15, -0.1) is 0 Å². The van der Waals surface area contributed by atoms with E-state index in [1.807, 2.05) is 60.7 Å². The van der Waals surface area contributed by atoms with Crippen molar-refractivity contribution in [2.24, 2.45) is 0 Å². The van der Waals surface area contributed by atoms with Crippen LogP contribution in [0.2, 0.25) is 0 Å². The monoisotopic (exact) mass is 772 g/mol. The highest BCUT2D eigenvalue weighted by atomic mass is 16.3. The van der Waals surface area contributed by atoms with E-state index in [0.717, 1.165) is 78.6 Å². The first kappa shape index (κ1) is 35.5. The smallest absolute Gasteiger partial charge is 0.164 e. The third kappa shape index (κ3) is 6.32. The zero-order valence-electron chi connectivity index (χ0n) is 33.2. The van der Waals surface area contributed by atoms with Crippen molar-refractivity contribution in [1.82, 2.24) is 19.5 Å². The van der Waals surface area contributed by atoms with Crippen LogP contribution in [0.4, 0.5) is 0 Å². The fourth-order valence-electron chi connectivity index (χ4n) is 8.61. The van der Waals surface area contributed by atoms with Crippen LogP contribution < -0.4 is 0 Å². The van der Waals surface area contributed by atoms with E-state index in [-0.39, 0.29) is 0 Å². The average Bonchev–Trinajstić information content (AvgIpc) is 3.86. The van der Waals surface area contributed by atoms with Crippen molar-refractivity contribution in [3.8, 4) is 62.1 Å². The standard InChI is InChI=1S/C55H40N4O/c1-2-3-15-36-24-31-51-47(32-36)45-29-26-41(35-52(45)60-51)40-25-28-44-43-22-13-14-23-48(43)59(50(44)34-40)49-30-27-42(33-46(49)37-16-7-4-8-17-37)55-57-53(38-18-9-5-10-19-38)56-54(58-55)39-20-11-6-12-21-39/h4-14,16-35H,2-3,15H2,1H3. The molecule has 8 aromatic carbocycles. The summed E-state index contributed by atoms with van der Waals surface area (Å²) >= 11 is 0. The number of aromatic nitrogens is 4. The average molecular weight is 773 g/mol. The van der Waals surface area contributed by atoms with Crippen LogP contribution >= 0.6 is 0 Å². The Labute approximate surface area is 348 Å². The summed E-state index contributed by atoms with van der Waals surface area (Å²) in [6.45, 7) is 2.24. The van der Waals surface area contributed by atoms with E-state index in [1.54, 1.807) is 0 Å². The maximum atomic E-state index is 6.46. The fraction of sp³-hybridized carbons (Fsp3) is 0.0727. The highest BCUT2D eigenvalue weighted by Crippen LogP contribution is 2.40. The van der Waals surface area contributed by atoms with Crippen LogP contribution in [-0.4, -0.2) is 19.5 Å². The third-order valence-corrected chi connectivity index (χ3v) is 11.6. The van der Waals surface area contributed by atoms with Crippen molar-refractivity contribution >= 4 is 43.7 Å². The van der Waals surface area contributed by atoms with Gasteiger partial charge in [-0.2, -0.15) is 0 Å². The van der Waals surface area contributed by atoms with Crippen molar-refractivity contribution in [2.75, 3.05) is 0 Å². The van der Waals surface area contributed by atoms with Crippen molar-refractivity contribution in [3.05, 3.63) is 194 Å². The minimum Gasteiger partial charge on any atom is -0.456 e. The molecule has 60 heavy (non-hydrogen) atoms. The topological polar surface area (TPSA) is 56.7 Å². The van der Waals surface area contributed by atoms with E-state index in [9.17, 15) is 0 Å². The molecule has 11 rings (SSSR count). The van der Waals surface area contributed by atoms with Crippen LogP contribution in [0.25, 0.3) is 106 Å². The van der Waals surface area contributed by atoms with Crippen LogP contribution in [0.1, 0.15) is 25.3 Å². The van der Waals surface area contributed by atoms with Gasteiger partial charge in [-0.25, -0.2) is 15.0 Å². The molecule has 0 N–H and O–H groups in total. The van der Waals surface area contributed by atoms with E-state index in [1.165, 1.54) is 34.6 Å². The summed E-state index contributed by atoms with van der Waals surface area (Å²) in [7, 11) is 0. The second-order valence-electron chi connectivity index (χ2n) is 15.5. The highest BCUT2D eigenvalue weighted by molar-refractivity contribution is 6.11. The van der Waals surface area contributed by atoms with Gasteiger partial charge >= 0.3 is 0 Å². The lowest BCUT2D eigenvalue weighted by atomic mass is 9.99. The van der Waals surface area contributed by atoms with Gasteiger partial charge < -0.3 is 8.98 Å². The number of furan rings is 1. The Hall–Kier alpha value is -7.63. The normalized spacial score (nSPS) is 11.6. The first-order valence-electron chi connectivity index (χ1n) is 20.7. The maximum Gasteiger partial charge on any atom is 0.164 e. The molecule has 0 radical (unpaired) electrons. The number of para-hydroxylation sites is 1. The van der Waals surface area contributed by atoms with Crippen LogP contribution in [0.15, 0.2) is 192 Å². The Bertz CT molecular complexity index is 3290. The van der Waals surface area contributed by atoms with Gasteiger partial charge in [0.15, 0.2) is 17.5 Å². The summed E-state index contributed by atoms with van der Waals surface area (Å²) in [6.07, 6.45) is 3.45. The molecular weight excluding hydrogens is 733 g/mol. The Morgan fingerprint density at radius 3 is 1.70 bits per heavy atom. The minimum absolute atomic E-state index is 0.620. The molecule has 0 fully saturated rings. The number of fused-ring (bicyclic) bond motifs is 6. The summed E-state index contributed by atoms with van der Waals surface area (Å²) in [5.41, 5.74) is 13.7. The number of hydrogen-bond donors (Lipinski definition) is 0. The molecule has 0 saturated carbocycles. The van der Waals surface area contributed by atoms with Crippen molar-refractivity contribution in [3.63, 3.8) is 0 Å². The lowest BCUT2D eigenvalue weighted by Gasteiger charge is -2.16. The molecule has 0 saturated heterocycles. The second-order valence-corrected chi connectivity index (χ2v) is 15.5. The largest absolute Gasteiger partial charge is 0.456 e. The zero-order chi connectivity index (χ0) is 40.0. The lowest BCUT2D eigenvalue weighted by Crippen LogP contribution is -2.02. The van der Waals surface area contributed by atoms with Gasteiger partial charge in [0.2, 0.25) is 0 Å². The minimum atomic E-state index is 0.620. The highest BCUT2D eigenvalue weighted by Gasteiger charge is 2.20. The van der Waals surface area contributed by atoms with Crippen molar-refractivity contribution in [2.45, 2.75) is 26.2 Å². The molecule has 0 aliphatic carbocycles. The van der Waals surface area contributed by atoms with Gasteiger partial charge in [0.1, 0.15) is 11.2 Å². The molecule has 0 aliphatic heterocycles. The summed E-state index contributed by atoms with van der Waals surface area (Å²) in [5, 5.41) is 4.73. The Balaban J connectivity index is 1.08. The molecule has 11 aromatic rings. The molecule has 0 atom stereocenters. The molecule has 3 aromatic heterocycles. The Morgan fingerprint density at radius 2 is 1.00 bits per heavy atom. The molecule has 0 aliphatic rings. The Morgan fingerprint density at radius 1 is 0.417 bits per heavy atom. The number of rotatable bonds is 9. The van der Waals surface area contributed by atoms with Crippen LogP contribution in [0.3, 0.4) is 0 Å². The van der Waals surface area contributed by atoms with Crippen molar-refractivity contribution < 1.29 is 4.42 Å². The maximum absolute atomic E-state index is 6.46. The second kappa shape index (κ2) is 14.9. The van der Waals surface area contributed by atoms with E-state index in [2.05, 4.69) is 139 Å². The molecule has 0 unspecified atom stereocenters. The van der Waals surface area contributed by atoms with E-state index < -0.39 is 0 Å². The van der Waals surface area contributed by atoms with Crippen LogP contribution in [-0.2, 0) is 6.42 Å². The number of aryl methyl sites for hydroxylation is 1. The number of nitrogens with zero attached hydrogens (tertiary/aromatic N) is 4. The van der Waals surface area contributed by atoms with Crippen LogP contribution in [0, 0.1) is 0 Å². The fourth-order valence-corrected chi connectivity index (χ4v) is 8.61. The SMILES string of the molecule is CCCCc1ccc2oc3cc(-c4ccc5c6ccccc6n(-c6ccc(-c7nc(-c8ccccc8)nc(-c8ccccc8)n7)cc6-c6ccccc6)c5c4)ccc3c2c1. The van der Waals surface area contributed by atoms with E-state index in [0.29, 0.717) is 17.5 Å². The predicted octanol–water partition coefficient (Wildman–Crippen LogP) is 14.5. The van der Waals surface area contributed by atoms with Gasteiger partial charge in [0.05, 0.1) is 16.7 Å². The predicted molar refractivity (Wildman–Crippen MR) is 247 cm³/mol. The van der Waals surface area contributed by atoms with Gasteiger partial charge in [-0.3, -0.25) is 0 Å². The van der Waals surface area contributed by atoms with E-state index in [4.69, 9.17) is 19.4 Å². The molecule has 286 valence electrons. The molecule has 3 heterocycles. The number of unbranched alkanes of at least 4 members (excludes halogenated alkanes) is 1. The van der Waals surface area contributed by atoms with Gasteiger partial charge in [0.25, 0.3) is 0 Å². The molecular formula is C55H40N4O. The molecule has 0 amide bonds. The molecule has 0 spiro atoms. The van der Waals surface area contributed by atoms with Crippen LogP contribution in [0.5, 0.6) is 0 Å². The van der Waals surface area contributed by atoms with Gasteiger partial charge in [-0.1, -0.05) is 147 Å². The zero-order valence-corrected chi connectivity index (χ0v) is 33.2. The summed E-state index contributed by atoms with van der Waals surface area (Å²) in [4.78, 5) is 15.1. The number of benzene rings is 8.